The van der Waals surface area contributed by atoms with Gasteiger partial charge in [0.05, 0.1) is 27.8 Å². The number of hydrogen-bond acceptors (Lipinski definition) is 7. The third-order valence-corrected chi connectivity index (χ3v) is 5.90. The molecule has 8 nitrogen and oxygen atoms in total. The van der Waals surface area contributed by atoms with Gasteiger partial charge in [0.15, 0.2) is 0 Å². The van der Waals surface area contributed by atoms with E-state index >= 15 is 0 Å². The molecular formula is C27H17ClF3N7O. The fourth-order valence-electron chi connectivity index (χ4n) is 3.86. The number of anilines is 2. The third-order valence-electron chi connectivity index (χ3n) is 5.58. The van der Waals surface area contributed by atoms with E-state index in [1.54, 1.807) is 12.1 Å². The lowest BCUT2D eigenvalue weighted by Crippen LogP contribution is -2.26. The first-order valence-electron chi connectivity index (χ1n) is 11.4. The van der Waals surface area contributed by atoms with Crippen molar-refractivity contribution < 1.29 is 13.2 Å². The van der Waals surface area contributed by atoms with Crippen molar-refractivity contribution in [2.45, 2.75) is 6.42 Å². The number of pyridine rings is 1. The van der Waals surface area contributed by atoms with Crippen LogP contribution in [0.1, 0.15) is 17.1 Å². The second kappa shape index (κ2) is 10.8. The second-order valence-corrected chi connectivity index (χ2v) is 8.61. The molecule has 2 aromatic carbocycles. The summed E-state index contributed by atoms with van der Waals surface area (Å²) in [7, 11) is 0. The van der Waals surface area contributed by atoms with Crippen molar-refractivity contribution >= 4 is 34.1 Å². The van der Waals surface area contributed by atoms with Crippen LogP contribution in [0.4, 0.5) is 24.8 Å². The van der Waals surface area contributed by atoms with Gasteiger partial charge < -0.3 is 11.1 Å². The Morgan fingerprint density at radius 1 is 0.974 bits per heavy atom. The fraction of sp³-hybridized carbons (Fsp3) is 0.0741. The highest BCUT2D eigenvalue weighted by Gasteiger charge is 2.17. The lowest BCUT2D eigenvalue weighted by molar-refractivity contribution is 0.580. The van der Waals surface area contributed by atoms with Crippen LogP contribution in [0.2, 0.25) is 5.02 Å². The largest absolute Gasteiger partial charge is 0.382 e. The van der Waals surface area contributed by atoms with E-state index in [0.29, 0.717) is 23.1 Å². The molecule has 39 heavy (non-hydrogen) atoms. The minimum atomic E-state index is -0.851. The molecule has 12 heteroatoms. The number of fused-ring (bicyclic) bond motifs is 1. The van der Waals surface area contributed by atoms with Gasteiger partial charge in [-0.05, 0) is 42.3 Å². The van der Waals surface area contributed by atoms with E-state index in [2.05, 4.69) is 37.1 Å². The number of nitrogens with two attached hydrogens (primary N) is 1. The van der Waals surface area contributed by atoms with Gasteiger partial charge in [-0.1, -0.05) is 23.6 Å². The molecule has 0 spiro atoms. The summed E-state index contributed by atoms with van der Waals surface area (Å²) in [6.45, 7) is 0.177. The molecule has 0 amide bonds. The standard InChI is InChI=1S/C27H17ClF3N7O/c28-21-2-1-3-22-24(21)27(39)38(19-11-16(30)10-17(31)12-19)23(37-22)8-9-33-26-20(25(32)35-14-36-26)7-6-18-5-4-15(29)13-34-18/h1-5,10-14H,8-9H2,(H3,32,33,35,36). The van der Waals surface area contributed by atoms with Gasteiger partial charge in [0, 0.05) is 19.0 Å². The topological polar surface area (TPSA) is 112 Å². The normalized spacial score (nSPS) is 10.8. The lowest BCUT2D eigenvalue weighted by Gasteiger charge is -2.15. The quantitative estimate of drug-likeness (QED) is 0.316. The number of halogens is 4. The van der Waals surface area contributed by atoms with Crippen LogP contribution in [0, 0.1) is 29.3 Å². The van der Waals surface area contributed by atoms with Crippen LogP contribution in [0.15, 0.2) is 65.8 Å². The minimum absolute atomic E-state index is 0.0357. The first-order valence-corrected chi connectivity index (χ1v) is 11.8. The number of hydrogen-bond donors (Lipinski definition) is 2. The van der Waals surface area contributed by atoms with E-state index in [0.717, 1.165) is 22.9 Å². The lowest BCUT2D eigenvalue weighted by atomic mass is 10.2. The summed E-state index contributed by atoms with van der Waals surface area (Å²) in [6.07, 6.45) is 2.43. The summed E-state index contributed by atoms with van der Waals surface area (Å²) in [6, 6.07) is 10.2. The minimum Gasteiger partial charge on any atom is -0.382 e. The molecule has 0 radical (unpaired) electrons. The van der Waals surface area contributed by atoms with Crippen molar-refractivity contribution in [1.82, 2.24) is 24.5 Å². The van der Waals surface area contributed by atoms with Gasteiger partial charge in [-0.25, -0.2) is 33.1 Å². The van der Waals surface area contributed by atoms with Crippen LogP contribution < -0.4 is 16.6 Å². The van der Waals surface area contributed by atoms with Crippen molar-refractivity contribution in [3.8, 4) is 17.5 Å². The van der Waals surface area contributed by atoms with E-state index in [1.807, 2.05) is 0 Å². The van der Waals surface area contributed by atoms with Gasteiger partial charge in [0.2, 0.25) is 0 Å². The van der Waals surface area contributed by atoms with Crippen molar-refractivity contribution in [3.05, 3.63) is 111 Å². The summed E-state index contributed by atoms with van der Waals surface area (Å²) in [4.78, 5) is 30.0. The average Bonchev–Trinajstić information content (AvgIpc) is 2.88. The Morgan fingerprint density at radius 3 is 2.51 bits per heavy atom. The number of nitrogens with zero attached hydrogens (tertiary/aromatic N) is 5. The van der Waals surface area contributed by atoms with Gasteiger partial charge in [-0.2, -0.15) is 0 Å². The molecule has 3 N–H and O–H groups in total. The molecule has 5 aromatic rings. The SMILES string of the molecule is Nc1ncnc(NCCc2nc3cccc(Cl)c3c(=O)n2-c2cc(F)cc(F)c2)c1C#Cc1ccc(F)cn1. The first-order chi connectivity index (χ1) is 18.8. The van der Waals surface area contributed by atoms with Crippen LogP contribution in [-0.2, 0) is 6.42 Å². The smallest absolute Gasteiger partial charge is 0.267 e. The molecule has 0 saturated carbocycles. The zero-order valence-electron chi connectivity index (χ0n) is 19.9. The van der Waals surface area contributed by atoms with Crippen molar-refractivity contribution in [3.63, 3.8) is 0 Å². The van der Waals surface area contributed by atoms with Crippen LogP contribution >= 0.6 is 11.6 Å². The summed E-state index contributed by atoms with van der Waals surface area (Å²) < 4.78 is 42.4. The van der Waals surface area contributed by atoms with Crippen molar-refractivity contribution in [1.29, 1.82) is 0 Å². The maximum Gasteiger partial charge on any atom is 0.267 e. The van der Waals surface area contributed by atoms with E-state index in [4.69, 9.17) is 17.3 Å². The monoisotopic (exact) mass is 547 g/mol. The third kappa shape index (κ3) is 5.51. The highest BCUT2D eigenvalue weighted by Crippen LogP contribution is 2.22. The van der Waals surface area contributed by atoms with Gasteiger partial charge in [-0.15, -0.1) is 0 Å². The molecule has 0 aliphatic carbocycles. The number of rotatable bonds is 5. The Kier molecular flexibility index (Phi) is 7.12. The molecule has 3 aromatic heterocycles. The molecule has 0 unspecified atom stereocenters. The maximum atomic E-state index is 14.1. The predicted molar refractivity (Wildman–Crippen MR) is 141 cm³/mol. The van der Waals surface area contributed by atoms with Crippen LogP contribution in [-0.4, -0.2) is 31.0 Å². The van der Waals surface area contributed by atoms with Crippen molar-refractivity contribution in [2.24, 2.45) is 0 Å². The number of aromatic nitrogens is 5. The van der Waals surface area contributed by atoms with Gasteiger partial charge in [0.25, 0.3) is 5.56 Å². The van der Waals surface area contributed by atoms with Gasteiger partial charge >= 0.3 is 0 Å². The Hall–Kier alpha value is -4.95. The summed E-state index contributed by atoms with van der Waals surface area (Å²) >= 11 is 6.26. The molecule has 0 fully saturated rings. The average molecular weight is 548 g/mol. The van der Waals surface area contributed by atoms with Crippen molar-refractivity contribution in [2.75, 3.05) is 17.6 Å². The van der Waals surface area contributed by atoms with E-state index in [-0.39, 0.29) is 46.3 Å². The summed E-state index contributed by atoms with van der Waals surface area (Å²) in [5.74, 6) is 4.05. The number of nitrogen functional groups attached to an aromatic ring is 1. The first kappa shape index (κ1) is 25.7. The summed E-state index contributed by atoms with van der Waals surface area (Å²) in [5, 5.41) is 3.37. The second-order valence-electron chi connectivity index (χ2n) is 8.20. The molecule has 3 heterocycles. The van der Waals surface area contributed by atoms with Gasteiger partial charge in [0.1, 0.15) is 52.5 Å². The molecule has 0 aliphatic rings. The summed E-state index contributed by atoms with van der Waals surface area (Å²) in [5.41, 5.74) is 6.33. The van der Waals surface area contributed by atoms with Gasteiger partial charge in [-0.3, -0.25) is 9.36 Å². The Balaban J connectivity index is 1.49. The maximum absolute atomic E-state index is 14.1. The molecule has 0 bridgehead atoms. The molecule has 5 rings (SSSR count). The highest BCUT2D eigenvalue weighted by molar-refractivity contribution is 6.35. The Morgan fingerprint density at radius 2 is 1.77 bits per heavy atom. The molecule has 0 saturated heterocycles. The predicted octanol–water partition coefficient (Wildman–Crippen LogP) is 4.28. The Bertz CT molecular complexity index is 1810. The number of benzene rings is 2. The van der Waals surface area contributed by atoms with E-state index < -0.39 is 23.0 Å². The van der Waals surface area contributed by atoms with Crippen LogP contribution in [0.25, 0.3) is 16.6 Å². The van der Waals surface area contributed by atoms with Crippen LogP contribution in [0.5, 0.6) is 0 Å². The molecule has 194 valence electrons. The van der Waals surface area contributed by atoms with E-state index in [9.17, 15) is 18.0 Å². The molecule has 0 atom stereocenters. The zero-order chi connectivity index (χ0) is 27.5. The molecule has 0 aliphatic heterocycles. The van der Waals surface area contributed by atoms with E-state index in [1.165, 1.54) is 24.5 Å². The highest BCUT2D eigenvalue weighted by atomic mass is 35.5. The Labute approximate surface area is 224 Å². The van der Waals surface area contributed by atoms with Crippen LogP contribution in [0.3, 0.4) is 0 Å². The molecular weight excluding hydrogens is 531 g/mol. The number of nitrogens with one attached hydrogen (secondary N) is 1. The zero-order valence-corrected chi connectivity index (χ0v) is 20.7. The fourth-order valence-corrected chi connectivity index (χ4v) is 4.11.